The van der Waals surface area contributed by atoms with E-state index in [1.807, 2.05) is 6.07 Å². The summed E-state index contributed by atoms with van der Waals surface area (Å²) in [6, 6.07) is 6.14. The van der Waals surface area contributed by atoms with Gasteiger partial charge in [-0.3, -0.25) is 0 Å². The highest BCUT2D eigenvalue weighted by molar-refractivity contribution is 6.16. The molecule has 3 heteroatoms. The first-order chi connectivity index (χ1) is 7.90. The van der Waals surface area contributed by atoms with Crippen molar-refractivity contribution in [3.63, 3.8) is 0 Å². The molecule has 0 bridgehead atoms. The summed E-state index contributed by atoms with van der Waals surface area (Å²) in [6.07, 6.45) is 6.67. The lowest BCUT2D eigenvalue weighted by Gasteiger charge is -2.26. The zero-order chi connectivity index (χ0) is 11.2. The average molecular weight is 239 g/mol. The number of hydrogen-bond acceptors (Lipinski definition) is 2. The minimum absolute atomic E-state index is 0.502. The van der Waals surface area contributed by atoms with Crippen LogP contribution in [0.4, 0.5) is 5.82 Å². The van der Waals surface area contributed by atoms with E-state index in [0.717, 1.165) is 24.6 Å². The number of alkyl halides is 1. The van der Waals surface area contributed by atoms with E-state index < -0.39 is 0 Å². The van der Waals surface area contributed by atoms with E-state index in [1.54, 1.807) is 0 Å². The summed E-state index contributed by atoms with van der Waals surface area (Å²) >= 11 is 5.82. The number of halogens is 1. The number of rotatable bonds is 2. The molecule has 2 rings (SSSR count). The van der Waals surface area contributed by atoms with E-state index in [4.69, 9.17) is 11.6 Å². The molecular formula is C13H19ClN2. The van der Waals surface area contributed by atoms with Crippen molar-refractivity contribution in [2.75, 3.05) is 18.0 Å². The number of anilines is 1. The van der Waals surface area contributed by atoms with E-state index in [0.29, 0.717) is 5.88 Å². The van der Waals surface area contributed by atoms with Gasteiger partial charge >= 0.3 is 0 Å². The van der Waals surface area contributed by atoms with Crippen LogP contribution in [-0.4, -0.2) is 18.1 Å². The molecule has 0 amide bonds. The van der Waals surface area contributed by atoms with Crippen LogP contribution in [0, 0.1) is 0 Å². The summed E-state index contributed by atoms with van der Waals surface area (Å²) in [5.41, 5.74) is 0.973. The van der Waals surface area contributed by atoms with Crippen molar-refractivity contribution < 1.29 is 0 Å². The van der Waals surface area contributed by atoms with Gasteiger partial charge < -0.3 is 4.90 Å². The minimum Gasteiger partial charge on any atom is -0.357 e. The fraction of sp³-hybridized carbons (Fsp3) is 0.615. The molecule has 2 nitrogen and oxygen atoms in total. The highest BCUT2D eigenvalue weighted by atomic mass is 35.5. The molecule has 0 saturated carbocycles. The van der Waals surface area contributed by atoms with Gasteiger partial charge in [0.2, 0.25) is 0 Å². The standard InChI is InChI=1S/C13H19ClN2/c14-11-12-7-6-8-13(15-12)16-9-4-2-1-3-5-10-16/h6-8H,1-5,9-11H2. The molecule has 1 fully saturated rings. The predicted octanol–water partition coefficient (Wildman–Crippen LogP) is 3.59. The number of hydrogen-bond donors (Lipinski definition) is 0. The number of nitrogens with zero attached hydrogens (tertiary/aromatic N) is 2. The van der Waals surface area contributed by atoms with Crippen LogP contribution in [-0.2, 0) is 5.88 Å². The maximum Gasteiger partial charge on any atom is 0.128 e. The monoisotopic (exact) mass is 238 g/mol. The molecule has 1 aliphatic heterocycles. The van der Waals surface area contributed by atoms with Crippen LogP contribution in [0.25, 0.3) is 0 Å². The Morgan fingerprint density at radius 3 is 2.44 bits per heavy atom. The summed E-state index contributed by atoms with van der Waals surface area (Å²) in [5.74, 6) is 1.60. The zero-order valence-electron chi connectivity index (χ0n) is 9.66. The maximum absolute atomic E-state index is 5.82. The van der Waals surface area contributed by atoms with Crippen LogP contribution in [0.1, 0.15) is 37.8 Å². The number of pyridine rings is 1. The quantitative estimate of drug-likeness (QED) is 0.732. The highest BCUT2D eigenvalue weighted by Crippen LogP contribution is 2.17. The van der Waals surface area contributed by atoms with Gasteiger partial charge in [-0.2, -0.15) is 0 Å². The van der Waals surface area contributed by atoms with Crippen LogP contribution in [0.5, 0.6) is 0 Å². The fourth-order valence-electron chi connectivity index (χ4n) is 2.19. The Kier molecular flexibility index (Phi) is 4.46. The Morgan fingerprint density at radius 2 is 1.75 bits per heavy atom. The molecule has 0 radical (unpaired) electrons. The van der Waals surface area contributed by atoms with Crippen molar-refractivity contribution >= 4 is 17.4 Å². The Hall–Kier alpha value is -0.760. The summed E-state index contributed by atoms with van der Waals surface area (Å²) < 4.78 is 0. The third-order valence-corrected chi connectivity index (χ3v) is 3.38. The van der Waals surface area contributed by atoms with Crippen LogP contribution in [0.3, 0.4) is 0 Å². The molecule has 2 heterocycles. The van der Waals surface area contributed by atoms with E-state index >= 15 is 0 Å². The smallest absolute Gasteiger partial charge is 0.128 e. The summed E-state index contributed by atoms with van der Waals surface area (Å²) in [4.78, 5) is 6.98. The lowest BCUT2D eigenvalue weighted by molar-refractivity contribution is 0.553. The maximum atomic E-state index is 5.82. The lowest BCUT2D eigenvalue weighted by atomic mass is 10.1. The average Bonchev–Trinajstić information content (AvgIpc) is 2.29. The second-order valence-corrected chi connectivity index (χ2v) is 4.64. The third kappa shape index (κ3) is 3.11. The molecule has 0 aromatic carbocycles. The first kappa shape index (κ1) is 11.7. The Balaban J connectivity index is 2.07. The fourth-order valence-corrected chi connectivity index (χ4v) is 2.34. The van der Waals surface area contributed by atoms with Gasteiger partial charge in [-0.05, 0) is 25.0 Å². The SMILES string of the molecule is ClCc1cccc(N2CCCCCCC2)n1. The van der Waals surface area contributed by atoms with E-state index in [-0.39, 0.29) is 0 Å². The Labute approximate surface area is 103 Å². The van der Waals surface area contributed by atoms with Gasteiger partial charge in [0.15, 0.2) is 0 Å². The van der Waals surface area contributed by atoms with Gasteiger partial charge in [0.25, 0.3) is 0 Å². The molecule has 0 spiro atoms. The first-order valence-electron chi connectivity index (χ1n) is 6.17. The van der Waals surface area contributed by atoms with Crippen molar-refractivity contribution in [1.82, 2.24) is 4.98 Å². The molecule has 0 N–H and O–H groups in total. The van der Waals surface area contributed by atoms with Crippen molar-refractivity contribution in [2.24, 2.45) is 0 Å². The molecule has 1 aliphatic rings. The van der Waals surface area contributed by atoms with Gasteiger partial charge in [0.1, 0.15) is 5.82 Å². The highest BCUT2D eigenvalue weighted by Gasteiger charge is 2.10. The summed E-state index contributed by atoms with van der Waals surface area (Å²) in [7, 11) is 0. The molecule has 1 aromatic heterocycles. The molecule has 1 saturated heterocycles. The predicted molar refractivity (Wildman–Crippen MR) is 69.1 cm³/mol. The molecule has 0 atom stereocenters. The van der Waals surface area contributed by atoms with Gasteiger partial charge in [-0.1, -0.05) is 25.3 Å². The van der Waals surface area contributed by atoms with Crippen LogP contribution >= 0.6 is 11.6 Å². The summed E-state index contributed by atoms with van der Waals surface area (Å²) in [5, 5.41) is 0. The Morgan fingerprint density at radius 1 is 1.06 bits per heavy atom. The van der Waals surface area contributed by atoms with Crippen LogP contribution < -0.4 is 4.90 Å². The molecule has 88 valence electrons. The van der Waals surface area contributed by atoms with Crippen molar-refractivity contribution in [2.45, 2.75) is 38.0 Å². The van der Waals surface area contributed by atoms with Gasteiger partial charge in [0.05, 0.1) is 11.6 Å². The molecule has 16 heavy (non-hydrogen) atoms. The summed E-state index contributed by atoms with van der Waals surface area (Å²) in [6.45, 7) is 2.28. The van der Waals surface area contributed by atoms with Gasteiger partial charge in [-0.25, -0.2) is 4.98 Å². The van der Waals surface area contributed by atoms with E-state index in [1.165, 1.54) is 32.1 Å². The van der Waals surface area contributed by atoms with Crippen molar-refractivity contribution in [3.8, 4) is 0 Å². The normalized spacial score (nSPS) is 17.9. The third-order valence-electron chi connectivity index (χ3n) is 3.11. The largest absolute Gasteiger partial charge is 0.357 e. The van der Waals surface area contributed by atoms with Crippen LogP contribution in [0.15, 0.2) is 18.2 Å². The molecule has 1 aromatic rings. The van der Waals surface area contributed by atoms with E-state index in [2.05, 4.69) is 22.0 Å². The zero-order valence-corrected chi connectivity index (χ0v) is 10.4. The van der Waals surface area contributed by atoms with Crippen LogP contribution in [0.2, 0.25) is 0 Å². The second kappa shape index (κ2) is 6.09. The van der Waals surface area contributed by atoms with Crippen molar-refractivity contribution in [3.05, 3.63) is 23.9 Å². The Bertz CT molecular complexity index is 319. The first-order valence-corrected chi connectivity index (χ1v) is 6.70. The molecular weight excluding hydrogens is 220 g/mol. The second-order valence-electron chi connectivity index (χ2n) is 4.38. The van der Waals surface area contributed by atoms with Crippen molar-refractivity contribution in [1.29, 1.82) is 0 Å². The molecule has 0 unspecified atom stereocenters. The van der Waals surface area contributed by atoms with E-state index in [9.17, 15) is 0 Å². The lowest BCUT2D eigenvalue weighted by Crippen LogP contribution is -2.27. The minimum atomic E-state index is 0.502. The number of aromatic nitrogens is 1. The molecule has 0 aliphatic carbocycles. The topological polar surface area (TPSA) is 16.1 Å². The van der Waals surface area contributed by atoms with Gasteiger partial charge in [-0.15, -0.1) is 11.6 Å². The van der Waals surface area contributed by atoms with Gasteiger partial charge in [0, 0.05) is 13.1 Å².